The third-order valence-electron chi connectivity index (χ3n) is 2.21. The van der Waals surface area contributed by atoms with Gasteiger partial charge < -0.3 is 9.47 Å². The van der Waals surface area contributed by atoms with Crippen LogP contribution < -0.4 is 9.47 Å². The maximum atomic E-state index is 12.1. The number of aryl methyl sites for hydroxylation is 1. The van der Waals surface area contributed by atoms with Crippen molar-refractivity contribution < 1.29 is 22.6 Å². The molecule has 0 bridgehead atoms. The second-order valence-corrected chi connectivity index (χ2v) is 4.71. The highest BCUT2D eigenvalue weighted by Crippen LogP contribution is 2.34. The van der Waals surface area contributed by atoms with Crippen LogP contribution in [0.4, 0.5) is 13.2 Å². The number of alkyl halides is 3. The molecule has 0 saturated heterocycles. The number of ether oxygens (including phenoxy) is 2. The van der Waals surface area contributed by atoms with Crippen molar-refractivity contribution in [3.63, 3.8) is 0 Å². The molecule has 1 aromatic heterocycles. The molecular formula is C13H9BrF3NO2. The zero-order valence-corrected chi connectivity index (χ0v) is 11.8. The lowest BCUT2D eigenvalue weighted by Crippen LogP contribution is -2.17. The van der Waals surface area contributed by atoms with Crippen molar-refractivity contribution in [1.82, 2.24) is 4.98 Å². The monoisotopic (exact) mass is 347 g/mol. The molecule has 3 nitrogen and oxygen atoms in total. The van der Waals surface area contributed by atoms with Gasteiger partial charge in [0, 0.05) is 11.8 Å². The van der Waals surface area contributed by atoms with Crippen LogP contribution in [0.15, 0.2) is 40.9 Å². The predicted molar refractivity (Wildman–Crippen MR) is 69.9 cm³/mol. The summed E-state index contributed by atoms with van der Waals surface area (Å²) in [6.45, 7) is 1.81. The number of halogens is 4. The molecule has 1 heterocycles. The first-order chi connectivity index (χ1) is 9.33. The van der Waals surface area contributed by atoms with E-state index in [1.807, 2.05) is 13.0 Å². The molecule has 106 valence electrons. The van der Waals surface area contributed by atoms with E-state index in [0.717, 1.165) is 5.69 Å². The fourth-order valence-electron chi connectivity index (χ4n) is 1.45. The Labute approximate surface area is 121 Å². The van der Waals surface area contributed by atoms with Gasteiger partial charge in [-0.15, -0.1) is 13.2 Å². The second-order valence-electron chi connectivity index (χ2n) is 3.86. The summed E-state index contributed by atoms with van der Waals surface area (Å²) in [7, 11) is 0. The van der Waals surface area contributed by atoms with Gasteiger partial charge in [-0.1, -0.05) is 6.07 Å². The average Bonchev–Trinajstić information content (AvgIpc) is 2.31. The van der Waals surface area contributed by atoms with Gasteiger partial charge in [0.1, 0.15) is 11.5 Å². The summed E-state index contributed by atoms with van der Waals surface area (Å²) in [4.78, 5) is 4.13. The van der Waals surface area contributed by atoms with E-state index in [0.29, 0.717) is 11.6 Å². The second kappa shape index (κ2) is 5.70. The fourth-order valence-corrected chi connectivity index (χ4v) is 1.89. The van der Waals surface area contributed by atoms with Gasteiger partial charge in [-0.2, -0.15) is 0 Å². The van der Waals surface area contributed by atoms with Crippen LogP contribution in [-0.4, -0.2) is 11.3 Å². The average molecular weight is 348 g/mol. The van der Waals surface area contributed by atoms with E-state index in [1.54, 1.807) is 12.1 Å². The van der Waals surface area contributed by atoms with Crippen LogP contribution in [0, 0.1) is 6.92 Å². The molecular weight excluding hydrogens is 339 g/mol. The smallest absolute Gasteiger partial charge is 0.439 e. The van der Waals surface area contributed by atoms with Crippen molar-refractivity contribution in [2.75, 3.05) is 0 Å². The summed E-state index contributed by atoms with van der Waals surface area (Å²) in [5.41, 5.74) is 0.776. The lowest BCUT2D eigenvalue weighted by molar-refractivity contribution is -0.274. The van der Waals surface area contributed by atoms with E-state index in [-0.39, 0.29) is 10.2 Å². The summed E-state index contributed by atoms with van der Waals surface area (Å²) < 4.78 is 45.8. The van der Waals surface area contributed by atoms with Crippen molar-refractivity contribution in [3.8, 4) is 17.4 Å². The Kier molecular flexibility index (Phi) is 4.17. The number of nitrogens with zero attached hydrogens (tertiary/aromatic N) is 1. The van der Waals surface area contributed by atoms with Gasteiger partial charge in [0.15, 0.2) is 0 Å². The summed E-state index contributed by atoms with van der Waals surface area (Å²) in [5.74, 6) is 0.382. The predicted octanol–water partition coefficient (Wildman–Crippen LogP) is 4.84. The van der Waals surface area contributed by atoms with Crippen LogP contribution >= 0.6 is 15.9 Å². The fraction of sp³-hybridized carbons (Fsp3) is 0.154. The van der Waals surface area contributed by atoms with Crippen LogP contribution in [0.5, 0.6) is 17.4 Å². The SMILES string of the molecule is Cc1cccc(Oc2ccc(OC(F)(F)F)c(Br)c2)n1. The van der Waals surface area contributed by atoms with E-state index < -0.39 is 6.36 Å². The van der Waals surface area contributed by atoms with Crippen molar-refractivity contribution in [1.29, 1.82) is 0 Å². The highest BCUT2D eigenvalue weighted by Gasteiger charge is 2.32. The zero-order valence-electron chi connectivity index (χ0n) is 10.2. The Morgan fingerprint density at radius 3 is 2.50 bits per heavy atom. The van der Waals surface area contributed by atoms with Crippen molar-refractivity contribution >= 4 is 15.9 Å². The van der Waals surface area contributed by atoms with E-state index in [1.165, 1.54) is 18.2 Å². The van der Waals surface area contributed by atoms with Crippen LogP contribution in [0.25, 0.3) is 0 Å². The summed E-state index contributed by atoms with van der Waals surface area (Å²) in [6.07, 6.45) is -4.73. The summed E-state index contributed by atoms with van der Waals surface area (Å²) in [6, 6.07) is 9.15. The molecule has 2 aromatic rings. The Bertz CT molecular complexity index is 617. The minimum Gasteiger partial charge on any atom is -0.439 e. The standard InChI is InChI=1S/C13H9BrF3NO2/c1-8-3-2-4-12(18-8)19-9-5-6-11(10(14)7-9)20-13(15,16)17/h2-7H,1H3. The van der Waals surface area contributed by atoms with Crippen LogP contribution in [-0.2, 0) is 0 Å². The van der Waals surface area contributed by atoms with Gasteiger partial charge in [-0.25, -0.2) is 4.98 Å². The summed E-state index contributed by atoms with van der Waals surface area (Å²) >= 11 is 3.00. The minimum absolute atomic E-state index is 0.139. The van der Waals surface area contributed by atoms with Gasteiger partial charge >= 0.3 is 6.36 Å². The molecule has 0 aliphatic carbocycles. The molecule has 2 rings (SSSR count). The van der Waals surface area contributed by atoms with Gasteiger partial charge in [-0.3, -0.25) is 0 Å². The van der Waals surface area contributed by atoms with E-state index in [4.69, 9.17) is 4.74 Å². The maximum Gasteiger partial charge on any atom is 0.573 e. The van der Waals surface area contributed by atoms with E-state index in [9.17, 15) is 13.2 Å². The highest BCUT2D eigenvalue weighted by atomic mass is 79.9. The minimum atomic E-state index is -4.73. The highest BCUT2D eigenvalue weighted by molar-refractivity contribution is 9.10. The normalized spacial score (nSPS) is 11.2. The quantitative estimate of drug-likeness (QED) is 0.795. The Balaban J connectivity index is 2.17. The first-order valence-corrected chi connectivity index (χ1v) is 6.29. The number of hydrogen-bond acceptors (Lipinski definition) is 3. The Morgan fingerprint density at radius 1 is 1.15 bits per heavy atom. The molecule has 1 aromatic carbocycles. The number of hydrogen-bond donors (Lipinski definition) is 0. The van der Waals surface area contributed by atoms with Crippen LogP contribution in [0.2, 0.25) is 0 Å². The molecule has 0 unspecified atom stereocenters. The van der Waals surface area contributed by atoms with Gasteiger partial charge in [0.05, 0.1) is 4.47 Å². The molecule has 0 saturated carbocycles. The zero-order chi connectivity index (χ0) is 14.8. The summed E-state index contributed by atoms with van der Waals surface area (Å²) in [5, 5.41) is 0. The van der Waals surface area contributed by atoms with E-state index >= 15 is 0 Å². The topological polar surface area (TPSA) is 31.4 Å². The lowest BCUT2D eigenvalue weighted by atomic mass is 10.3. The molecule has 0 aliphatic heterocycles. The van der Waals surface area contributed by atoms with Gasteiger partial charge in [0.2, 0.25) is 5.88 Å². The first kappa shape index (κ1) is 14.6. The van der Waals surface area contributed by atoms with Crippen LogP contribution in [0.3, 0.4) is 0 Å². The lowest BCUT2D eigenvalue weighted by Gasteiger charge is -2.11. The third kappa shape index (κ3) is 4.12. The molecule has 0 amide bonds. The molecule has 0 radical (unpaired) electrons. The Morgan fingerprint density at radius 2 is 1.90 bits per heavy atom. The molecule has 0 N–H and O–H groups in total. The number of benzene rings is 1. The number of pyridine rings is 1. The molecule has 0 spiro atoms. The first-order valence-electron chi connectivity index (χ1n) is 5.50. The van der Waals surface area contributed by atoms with Gasteiger partial charge in [-0.05, 0) is 47.1 Å². The number of aromatic nitrogens is 1. The van der Waals surface area contributed by atoms with Crippen molar-refractivity contribution in [2.24, 2.45) is 0 Å². The number of rotatable bonds is 3. The molecule has 20 heavy (non-hydrogen) atoms. The largest absolute Gasteiger partial charge is 0.573 e. The molecule has 7 heteroatoms. The third-order valence-corrected chi connectivity index (χ3v) is 2.83. The van der Waals surface area contributed by atoms with Crippen LogP contribution in [0.1, 0.15) is 5.69 Å². The molecule has 0 atom stereocenters. The molecule has 0 fully saturated rings. The molecule has 0 aliphatic rings. The van der Waals surface area contributed by atoms with Crippen molar-refractivity contribution in [2.45, 2.75) is 13.3 Å². The van der Waals surface area contributed by atoms with Crippen molar-refractivity contribution in [3.05, 3.63) is 46.6 Å². The maximum absolute atomic E-state index is 12.1. The Hall–Kier alpha value is -1.76. The van der Waals surface area contributed by atoms with E-state index in [2.05, 4.69) is 25.7 Å². The van der Waals surface area contributed by atoms with Gasteiger partial charge in [0.25, 0.3) is 0 Å².